The Morgan fingerprint density at radius 1 is 1.40 bits per heavy atom. The van der Waals surface area contributed by atoms with Gasteiger partial charge in [0, 0.05) is 26.7 Å². The summed E-state index contributed by atoms with van der Waals surface area (Å²) >= 11 is 0. The number of fused-ring (bicyclic) bond motifs is 1. The minimum atomic E-state index is 0.630. The lowest BCUT2D eigenvalue weighted by molar-refractivity contribution is 0.861. The summed E-state index contributed by atoms with van der Waals surface area (Å²) in [4.78, 5) is 6.43. The van der Waals surface area contributed by atoms with Crippen LogP contribution in [0.5, 0.6) is 0 Å². The summed E-state index contributed by atoms with van der Waals surface area (Å²) < 4.78 is 2.10. The molecule has 0 saturated heterocycles. The Kier molecular flexibility index (Phi) is 2.60. The maximum absolute atomic E-state index is 5.54. The van der Waals surface area contributed by atoms with Crippen molar-refractivity contribution in [3.05, 3.63) is 30.4 Å². The fourth-order valence-electron chi connectivity index (χ4n) is 1.61. The summed E-state index contributed by atoms with van der Waals surface area (Å²) in [6, 6.07) is 4.16. The summed E-state index contributed by atoms with van der Waals surface area (Å²) in [5.74, 6) is 1.02. The van der Waals surface area contributed by atoms with Crippen molar-refractivity contribution in [1.82, 2.24) is 9.38 Å². The molecule has 0 spiro atoms. The standard InChI is InChI=1S/C11H16N4/c1-14(2)10-4-3-9-7-13-11(5-6-12)15(9)8-10/h3-4,7-8H,5-6,12H2,1-2H3. The second-order valence-electron chi connectivity index (χ2n) is 3.79. The van der Waals surface area contributed by atoms with Crippen LogP contribution in [-0.4, -0.2) is 30.0 Å². The molecule has 80 valence electrons. The third-order valence-electron chi connectivity index (χ3n) is 2.47. The number of rotatable bonds is 3. The molecule has 2 rings (SSSR count). The number of hydrogen-bond donors (Lipinski definition) is 1. The van der Waals surface area contributed by atoms with Crippen LogP contribution in [0.1, 0.15) is 5.82 Å². The third kappa shape index (κ3) is 1.80. The van der Waals surface area contributed by atoms with Crippen LogP contribution in [0.25, 0.3) is 5.52 Å². The Morgan fingerprint density at radius 3 is 2.87 bits per heavy atom. The largest absolute Gasteiger partial charge is 0.376 e. The molecule has 0 aliphatic carbocycles. The van der Waals surface area contributed by atoms with Crippen LogP contribution in [0.3, 0.4) is 0 Å². The molecule has 0 aliphatic heterocycles. The summed E-state index contributed by atoms with van der Waals surface area (Å²) in [7, 11) is 4.06. The average Bonchev–Trinajstić information content (AvgIpc) is 2.61. The predicted octanol–water partition coefficient (Wildman–Crippen LogP) is 0.901. The number of anilines is 1. The van der Waals surface area contributed by atoms with E-state index in [1.54, 1.807) is 0 Å². The Morgan fingerprint density at radius 2 is 2.20 bits per heavy atom. The van der Waals surface area contributed by atoms with Gasteiger partial charge in [-0.1, -0.05) is 0 Å². The quantitative estimate of drug-likeness (QED) is 0.808. The number of aromatic nitrogens is 2. The molecule has 0 bridgehead atoms. The van der Waals surface area contributed by atoms with E-state index in [-0.39, 0.29) is 0 Å². The number of nitrogens with zero attached hydrogens (tertiary/aromatic N) is 3. The highest BCUT2D eigenvalue weighted by atomic mass is 15.1. The van der Waals surface area contributed by atoms with Crippen molar-refractivity contribution >= 4 is 11.2 Å². The molecule has 0 amide bonds. The van der Waals surface area contributed by atoms with Crippen molar-refractivity contribution in [3.8, 4) is 0 Å². The molecule has 4 nitrogen and oxygen atoms in total. The van der Waals surface area contributed by atoms with E-state index >= 15 is 0 Å². The zero-order chi connectivity index (χ0) is 10.8. The Balaban J connectivity index is 2.51. The van der Waals surface area contributed by atoms with Crippen molar-refractivity contribution in [1.29, 1.82) is 0 Å². The molecule has 0 aliphatic rings. The Bertz CT molecular complexity index is 459. The molecular formula is C11H16N4. The van der Waals surface area contributed by atoms with E-state index in [1.807, 2.05) is 20.3 Å². The van der Waals surface area contributed by atoms with Crippen LogP contribution < -0.4 is 10.6 Å². The zero-order valence-corrected chi connectivity index (χ0v) is 9.14. The van der Waals surface area contributed by atoms with Crippen LogP contribution in [0, 0.1) is 0 Å². The molecule has 0 unspecified atom stereocenters. The van der Waals surface area contributed by atoms with Crippen molar-refractivity contribution in [2.75, 3.05) is 25.5 Å². The minimum Gasteiger partial charge on any atom is -0.376 e. The summed E-state index contributed by atoms with van der Waals surface area (Å²) in [5, 5.41) is 0. The van der Waals surface area contributed by atoms with Gasteiger partial charge in [-0.2, -0.15) is 0 Å². The molecule has 0 aromatic carbocycles. The van der Waals surface area contributed by atoms with Crippen LogP contribution in [0.15, 0.2) is 24.5 Å². The van der Waals surface area contributed by atoms with Crippen molar-refractivity contribution < 1.29 is 0 Å². The molecule has 0 radical (unpaired) electrons. The molecule has 2 aromatic rings. The smallest absolute Gasteiger partial charge is 0.114 e. The van der Waals surface area contributed by atoms with Crippen LogP contribution in [-0.2, 0) is 6.42 Å². The molecule has 2 heterocycles. The van der Waals surface area contributed by atoms with Gasteiger partial charge < -0.3 is 15.0 Å². The maximum atomic E-state index is 5.54. The van der Waals surface area contributed by atoms with Gasteiger partial charge in [0.05, 0.1) is 17.4 Å². The number of nitrogens with two attached hydrogens (primary N) is 1. The van der Waals surface area contributed by atoms with Gasteiger partial charge in [-0.25, -0.2) is 4.98 Å². The first-order valence-corrected chi connectivity index (χ1v) is 5.06. The van der Waals surface area contributed by atoms with Crippen molar-refractivity contribution in [2.45, 2.75) is 6.42 Å². The first kappa shape index (κ1) is 9.98. The van der Waals surface area contributed by atoms with E-state index in [0.717, 1.165) is 17.8 Å². The summed E-state index contributed by atoms with van der Waals surface area (Å²) in [6.45, 7) is 0.630. The van der Waals surface area contributed by atoms with E-state index in [2.05, 4.69) is 32.6 Å². The number of imidazole rings is 1. The highest BCUT2D eigenvalue weighted by Crippen LogP contribution is 2.15. The van der Waals surface area contributed by atoms with Crippen molar-refractivity contribution in [2.24, 2.45) is 5.73 Å². The SMILES string of the molecule is CN(C)c1ccc2cnc(CCN)n2c1. The van der Waals surface area contributed by atoms with Gasteiger partial charge in [0.25, 0.3) is 0 Å². The van der Waals surface area contributed by atoms with E-state index in [0.29, 0.717) is 6.54 Å². The van der Waals surface area contributed by atoms with E-state index in [9.17, 15) is 0 Å². The second-order valence-corrected chi connectivity index (χ2v) is 3.79. The van der Waals surface area contributed by atoms with Gasteiger partial charge in [-0.05, 0) is 18.7 Å². The van der Waals surface area contributed by atoms with E-state index < -0.39 is 0 Å². The highest BCUT2D eigenvalue weighted by Gasteiger charge is 2.03. The average molecular weight is 204 g/mol. The van der Waals surface area contributed by atoms with E-state index in [4.69, 9.17) is 5.73 Å². The lowest BCUT2D eigenvalue weighted by Crippen LogP contribution is -2.10. The molecule has 0 saturated carbocycles. The molecule has 2 aromatic heterocycles. The Hall–Kier alpha value is -1.55. The maximum Gasteiger partial charge on any atom is 0.114 e. The lowest BCUT2D eigenvalue weighted by atomic mass is 10.3. The summed E-state index contributed by atoms with van der Waals surface area (Å²) in [5.41, 5.74) is 7.83. The molecule has 4 heteroatoms. The number of pyridine rings is 1. The van der Waals surface area contributed by atoms with E-state index in [1.165, 1.54) is 5.69 Å². The zero-order valence-electron chi connectivity index (χ0n) is 9.14. The van der Waals surface area contributed by atoms with Gasteiger partial charge in [0.1, 0.15) is 5.82 Å². The Labute approximate surface area is 89.3 Å². The first-order valence-electron chi connectivity index (χ1n) is 5.06. The van der Waals surface area contributed by atoms with Crippen LogP contribution >= 0.6 is 0 Å². The van der Waals surface area contributed by atoms with Gasteiger partial charge in [0.2, 0.25) is 0 Å². The monoisotopic (exact) mass is 204 g/mol. The first-order chi connectivity index (χ1) is 7.22. The topological polar surface area (TPSA) is 46.6 Å². The lowest BCUT2D eigenvalue weighted by Gasteiger charge is -2.12. The molecule has 0 fully saturated rings. The van der Waals surface area contributed by atoms with Crippen LogP contribution in [0.4, 0.5) is 5.69 Å². The molecule has 0 atom stereocenters. The fraction of sp³-hybridized carbons (Fsp3) is 0.364. The van der Waals surface area contributed by atoms with Crippen molar-refractivity contribution in [3.63, 3.8) is 0 Å². The number of hydrogen-bond acceptors (Lipinski definition) is 3. The fourth-order valence-corrected chi connectivity index (χ4v) is 1.61. The van der Waals surface area contributed by atoms with Gasteiger partial charge in [0.15, 0.2) is 0 Å². The van der Waals surface area contributed by atoms with Crippen LogP contribution in [0.2, 0.25) is 0 Å². The molecular weight excluding hydrogens is 188 g/mol. The van der Waals surface area contributed by atoms with Gasteiger partial charge in [-0.15, -0.1) is 0 Å². The minimum absolute atomic E-state index is 0.630. The normalized spacial score (nSPS) is 10.9. The molecule has 2 N–H and O–H groups in total. The summed E-state index contributed by atoms with van der Waals surface area (Å²) in [6.07, 6.45) is 4.78. The third-order valence-corrected chi connectivity index (χ3v) is 2.47. The van der Waals surface area contributed by atoms with Gasteiger partial charge >= 0.3 is 0 Å². The predicted molar refractivity (Wildman–Crippen MR) is 62.3 cm³/mol. The highest BCUT2D eigenvalue weighted by molar-refractivity contribution is 5.54. The molecule has 15 heavy (non-hydrogen) atoms. The second kappa shape index (κ2) is 3.90. The van der Waals surface area contributed by atoms with Gasteiger partial charge in [-0.3, -0.25) is 0 Å².